The van der Waals surface area contributed by atoms with Crippen molar-refractivity contribution in [2.45, 2.75) is 0 Å². The van der Waals surface area contributed by atoms with E-state index in [1.165, 1.54) is 25.1 Å². The number of hydrogen-bond acceptors (Lipinski definition) is 5. The second-order valence-corrected chi connectivity index (χ2v) is 2.00. The van der Waals surface area contributed by atoms with Crippen molar-refractivity contribution in [2.75, 3.05) is 14.1 Å². The first-order chi connectivity index (χ1) is 5.00. The molecule has 0 saturated heterocycles. The molecule has 0 aliphatic heterocycles. The Morgan fingerprint density at radius 1 is 1.73 bits per heavy atom. The van der Waals surface area contributed by atoms with Crippen LogP contribution in [0.1, 0.15) is 0 Å². The van der Waals surface area contributed by atoms with Crippen LogP contribution < -0.4 is 5.73 Å². The minimum Gasteiger partial charge on any atom is -0.379 e. The molecule has 0 saturated carbocycles. The van der Waals surface area contributed by atoms with Crippen LogP contribution in [0, 0.1) is 21.4 Å². The number of allylic oxidation sites excluding steroid dienone is 1. The third kappa shape index (κ3) is 2.14. The van der Waals surface area contributed by atoms with E-state index >= 15 is 0 Å². The first kappa shape index (κ1) is 9.23. The van der Waals surface area contributed by atoms with Gasteiger partial charge in [-0.05, 0) is 0 Å². The molecule has 0 heterocycles. The van der Waals surface area contributed by atoms with Gasteiger partial charge in [0.15, 0.2) is 11.9 Å². The quantitative estimate of drug-likeness (QED) is 0.329. The lowest BCUT2D eigenvalue weighted by atomic mass is 10.4. The highest BCUT2D eigenvalue weighted by Gasteiger charge is 2.16. The van der Waals surface area contributed by atoms with Gasteiger partial charge in [-0.3, -0.25) is 10.1 Å². The van der Waals surface area contributed by atoms with Crippen molar-refractivity contribution in [1.82, 2.24) is 4.90 Å². The Morgan fingerprint density at radius 2 is 2.18 bits per heavy atom. The maximum absolute atomic E-state index is 10.1. The van der Waals surface area contributed by atoms with Crippen molar-refractivity contribution in [3.8, 4) is 6.07 Å². The lowest BCUT2D eigenvalue weighted by Gasteiger charge is -2.09. The van der Waals surface area contributed by atoms with E-state index in [0.717, 1.165) is 0 Å². The fourth-order valence-corrected chi connectivity index (χ4v) is 0.403. The second kappa shape index (κ2) is 3.41. The highest BCUT2D eigenvalue weighted by Crippen LogP contribution is 1.99. The minimum atomic E-state index is -0.810. The van der Waals surface area contributed by atoms with Gasteiger partial charge in [0.25, 0.3) is 0 Å². The fourth-order valence-electron chi connectivity index (χ4n) is 0.403. The predicted molar refractivity (Wildman–Crippen MR) is 37.5 cm³/mol. The Balaban J connectivity index is 4.88. The predicted octanol–water partition coefficient (Wildman–Crippen LogP) is -0.524. The molecule has 11 heavy (non-hydrogen) atoms. The zero-order chi connectivity index (χ0) is 9.02. The van der Waals surface area contributed by atoms with Gasteiger partial charge in [-0.25, -0.2) is 0 Å². The van der Waals surface area contributed by atoms with Gasteiger partial charge in [0.05, 0.1) is 4.92 Å². The molecule has 0 rings (SSSR count). The highest BCUT2D eigenvalue weighted by atomic mass is 16.6. The SMILES string of the molecule is CN(C)/C(N)=C(\C#N)[N+](=O)[O-]. The van der Waals surface area contributed by atoms with Gasteiger partial charge in [-0.15, -0.1) is 0 Å². The maximum Gasteiger partial charge on any atom is 0.385 e. The van der Waals surface area contributed by atoms with Crippen LogP contribution in [-0.4, -0.2) is 23.9 Å². The van der Waals surface area contributed by atoms with Crippen molar-refractivity contribution < 1.29 is 4.92 Å². The monoisotopic (exact) mass is 156 g/mol. The third-order valence-corrected chi connectivity index (χ3v) is 1.01. The molecule has 2 N–H and O–H groups in total. The molecule has 0 aliphatic rings. The van der Waals surface area contributed by atoms with E-state index in [-0.39, 0.29) is 5.82 Å². The van der Waals surface area contributed by atoms with Crippen LogP contribution in [0.4, 0.5) is 0 Å². The zero-order valence-electron chi connectivity index (χ0n) is 6.24. The Labute approximate surface area is 63.7 Å². The normalized spacial score (nSPS) is 11.4. The summed E-state index contributed by atoms with van der Waals surface area (Å²) in [5.41, 5.74) is 4.58. The Hall–Kier alpha value is -1.77. The number of nitriles is 1. The molecule has 0 aliphatic carbocycles. The van der Waals surface area contributed by atoms with Crippen molar-refractivity contribution in [3.63, 3.8) is 0 Å². The van der Waals surface area contributed by atoms with Gasteiger partial charge < -0.3 is 10.6 Å². The van der Waals surface area contributed by atoms with E-state index in [1.807, 2.05) is 0 Å². The van der Waals surface area contributed by atoms with Gasteiger partial charge in [0.2, 0.25) is 0 Å². The molecule has 0 amide bonds. The number of hydrogen-bond donors (Lipinski definition) is 1. The molecule has 0 aromatic heterocycles. The van der Waals surface area contributed by atoms with Crippen LogP contribution in [0.15, 0.2) is 11.5 Å². The number of nitro groups is 1. The molecule has 0 unspecified atom stereocenters. The lowest BCUT2D eigenvalue weighted by molar-refractivity contribution is -0.419. The average molecular weight is 156 g/mol. The van der Waals surface area contributed by atoms with Crippen LogP contribution in [0.5, 0.6) is 0 Å². The Bertz CT molecular complexity index is 237. The van der Waals surface area contributed by atoms with Crippen LogP contribution in [0.25, 0.3) is 0 Å². The molecule has 6 heteroatoms. The van der Waals surface area contributed by atoms with E-state index in [2.05, 4.69) is 0 Å². The van der Waals surface area contributed by atoms with Crippen molar-refractivity contribution in [1.29, 1.82) is 5.26 Å². The average Bonchev–Trinajstić information content (AvgIpc) is 1.88. The van der Waals surface area contributed by atoms with E-state index in [0.29, 0.717) is 0 Å². The Morgan fingerprint density at radius 3 is 2.27 bits per heavy atom. The topological polar surface area (TPSA) is 96.2 Å². The molecule has 0 atom stereocenters. The van der Waals surface area contributed by atoms with E-state index in [9.17, 15) is 10.1 Å². The van der Waals surface area contributed by atoms with Crippen LogP contribution in [-0.2, 0) is 0 Å². The number of rotatable bonds is 2. The molecule has 0 aromatic carbocycles. The van der Waals surface area contributed by atoms with E-state index in [4.69, 9.17) is 11.0 Å². The van der Waals surface area contributed by atoms with E-state index in [1.54, 1.807) is 0 Å². The van der Waals surface area contributed by atoms with Gasteiger partial charge in [-0.2, -0.15) is 5.26 Å². The van der Waals surface area contributed by atoms with Crippen LogP contribution >= 0.6 is 0 Å². The molecule has 0 spiro atoms. The van der Waals surface area contributed by atoms with Crippen molar-refractivity contribution in [2.24, 2.45) is 5.73 Å². The van der Waals surface area contributed by atoms with Crippen molar-refractivity contribution in [3.05, 3.63) is 21.6 Å². The molecule has 0 bridgehead atoms. The summed E-state index contributed by atoms with van der Waals surface area (Å²) in [7, 11) is 3.05. The van der Waals surface area contributed by atoms with E-state index < -0.39 is 10.6 Å². The van der Waals surface area contributed by atoms with Gasteiger partial charge in [0.1, 0.15) is 0 Å². The molecular weight excluding hydrogens is 148 g/mol. The molecule has 0 aromatic rings. The largest absolute Gasteiger partial charge is 0.385 e. The zero-order valence-corrected chi connectivity index (χ0v) is 6.24. The molecule has 60 valence electrons. The number of nitrogens with two attached hydrogens (primary N) is 1. The van der Waals surface area contributed by atoms with Gasteiger partial charge in [-0.1, -0.05) is 0 Å². The smallest absolute Gasteiger partial charge is 0.379 e. The van der Waals surface area contributed by atoms with Crippen molar-refractivity contribution >= 4 is 0 Å². The summed E-state index contributed by atoms with van der Waals surface area (Å²) in [4.78, 5) is 10.6. The maximum atomic E-state index is 10.1. The molecule has 0 fully saturated rings. The number of nitrogens with zero attached hydrogens (tertiary/aromatic N) is 3. The summed E-state index contributed by atoms with van der Waals surface area (Å²) in [6.07, 6.45) is 0. The Kier molecular flexibility index (Phi) is 2.86. The summed E-state index contributed by atoms with van der Waals surface area (Å²) in [6.45, 7) is 0. The molecule has 0 radical (unpaired) electrons. The van der Waals surface area contributed by atoms with Crippen LogP contribution in [0.2, 0.25) is 0 Å². The minimum absolute atomic E-state index is 0.141. The summed E-state index contributed by atoms with van der Waals surface area (Å²) in [5.74, 6) is -0.141. The van der Waals surface area contributed by atoms with Gasteiger partial charge in [0, 0.05) is 14.1 Å². The fraction of sp³-hybridized carbons (Fsp3) is 0.400. The first-order valence-electron chi connectivity index (χ1n) is 2.72. The second-order valence-electron chi connectivity index (χ2n) is 2.00. The molecule has 6 nitrogen and oxygen atoms in total. The van der Waals surface area contributed by atoms with Gasteiger partial charge >= 0.3 is 5.70 Å². The summed E-state index contributed by atoms with van der Waals surface area (Å²) in [5, 5.41) is 18.4. The standard InChI is InChI=1S/C5H8N4O2/c1-8(2)5(7)4(3-6)9(10)11/h7H2,1-2H3/b5-4+. The molecular formula is C5H8N4O2. The summed E-state index contributed by atoms with van der Waals surface area (Å²) < 4.78 is 0. The summed E-state index contributed by atoms with van der Waals surface area (Å²) >= 11 is 0. The summed E-state index contributed by atoms with van der Waals surface area (Å²) in [6, 6.07) is 1.40. The lowest BCUT2D eigenvalue weighted by Crippen LogP contribution is -2.22. The highest BCUT2D eigenvalue weighted by molar-refractivity contribution is 5.17. The van der Waals surface area contributed by atoms with Crippen LogP contribution in [0.3, 0.4) is 0 Å². The third-order valence-electron chi connectivity index (χ3n) is 1.01. The first-order valence-corrected chi connectivity index (χ1v) is 2.72.